The van der Waals surface area contributed by atoms with Gasteiger partial charge in [0.25, 0.3) is 0 Å². The van der Waals surface area contributed by atoms with Gasteiger partial charge in [-0.2, -0.15) is 0 Å². The van der Waals surface area contributed by atoms with Crippen molar-refractivity contribution in [1.82, 2.24) is 0 Å². The second-order valence-corrected chi connectivity index (χ2v) is 13.2. The van der Waals surface area contributed by atoms with Gasteiger partial charge in [-0.25, -0.2) is 0 Å². The summed E-state index contributed by atoms with van der Waals surface area (Å²) in [6.07, 6.45) is 3.48. The van der Waals surface area contributed by atoms with E-state index in [1.807, 2.05) is 25.1 Å². The number of aryl methyl sites for hydroxylation is 1. The van der Waals surface area contributed by atoms with Crippen molar-refractivity contribution in [2.45, 2.75) is 53.3 Å². The predicted molar refractivity (Wildman–Crippen MR) is 112 cm³/mol. The Morgan fingerprint density at radius 1 is 1.04 bits per heavy atom. The molecule has 5 heteroatoms. The van der Waals surface area contributed by atoms with E-state index in [-0.39, 0.29) is 13.2 Å². The number of esters is 2. The standard InChI is InChI=1S/C22H34O4Si/c1-7-25-20(23)19(21(24)26-8-2)22(3,16-17-27(4,5)6)15-14-18-12-10-9-11-13-18/h9-13,16-17,19H,7-8,14-15H2,1-6H3/b17-16+. The summed E-state index contributed by atoms with van der Waals surface area (Å²) in [6.45, 7) is 12.6. The second-order valence-electron chi connectivity index (χ2n) is 8.13. The fourth-order valence-electron chi connectivity index (χ4n) is 2.91. The number of rotatable bonds is 10. The predicted octanol–water partition coefficient (Wildman–Crippen LogP) is 4.80. The molecule has 0 aliphatic rings. The molecule has 1 aromatic carbocycles. The largest absolute Gasteiger partial charge is 0.465 e. The Bertz CT molecular complexity index is 615. The Balaban J connectivity index is 3.25. The first kappa shape index (κ1) is 23.2. The summed E-state index contributed by atoms with van der Waals surface area (Å²) in [6, 6.07) is 10.1. The number of hydrogen-bond acceptors (Lipinski definition) is 4. The Morgan fingerprint density at radius 3 is 2.00 bits per heavy atom. The van der Waals surface area contributed by atoms with Crippen LogP contribution in [0.3, 0.4) is 0 Å². The molecule has 0 aromatic heterocycles. The highest BCUT2D eigenvalue weighted by Gasteiger charge is 2.44. The summed E-state index contributed by atoms with van der Waals surface area (Å²) in [7, 11) is -1.51. The first-order valence-electron chi connectivity index (χ1n) is 9.70. The number of carbonyl (C=O) groups is 2. The Kier molecular flexibility index (Phi) is 8.96. The molecule has 150 valence electrons. The first-order valence-corrected chi connectivity index (χ1v) is 13.3. The average Bonchev–Trinajstić information content (AvgIpc) is 2.59. The molecule has 0 spiro atoms. The summed E-state index contributed by atoms with van der Waals surface area (Å²) >= 11 is 0. The van der Waals surface area contributed by atoms with Gasteiger partial charge < -0.3 is 9.47 Å². The van der Waals surface area contributed by atoms with Crippen molar-refractivity contribution >= 4 is 20.0 Å². The highest BCUT2D eigenvalue weighted by molar-refractivity contribution is 6.80. The lowest BCUT2D eigenvalue weighted by Gasteiger charge is -2.33. The minimum atomic E-state index is -1.51. The average molecular weight is 391 g/mol. The van der Waals surface area contributed by atoms with Crippen LogP contribution in [0.25, 0.3) is 0 Å². The van der Waals surface area contributed by atoms with Crippen LogP contribution in [0.5, 0.6) is 0 Å². The van der Waals surface area contributed by atoms with Crippen LogP contribution in [0.15, 0.2) is 42.1 Å². The molecule has 1 unspecified atom stereocenters. The van der Waals surface area contributed by atoms with Gasteiger partial charge in [0.2, 0.25) is 0 Å². The molecule has 0 fully saturated rings. The van der Waals surface area contributed by atoms with Gasteiger partial charge in [-0.3, -0.25) is 9.59 Å². The summed E-state index contributed by atoms with van der Waals surface area (Å²) in [4.78, 5) is 25.4. The topological polar surface area (TPSA) is 52.6 Å². The third-order valence-electron chi connectivity index (χ3n) is 4.46. The second kappa shape index (κ2) is 10.5. The van der Waals surface area contributed by atoms with Crippen LogP contribution in [0.4, 0.5) is 0 Å². The molecule has 27 heavy (non-hydrogen) atoms. The smallest absolute Gasteiger partial charge is 0.321 e. The fourth-order valence-corrected chi connectivity index (χ4v) is 3.79. The van der Waals surface area contributed by atoms with E-state index in [9.17, 15) is 9.59 Å². The molecule has 0 aliphatic carbocycles. The van der Waals surface area contributed by atoms with Crippen LogP contribution < -0.4 is 0 Å². The zero-order chi connectivity index (χ0) is 20.5. The maximum atomic E-state index is 12.7. The molecule has 0 amide bonds. The van der Waals surface area contributed by atoms with Crippen LogP contribution in [-0.2, 0) is 25.5 Å². The lowest BCUT2D eigenvalue weighted by atomic mass is 9.73. The van der Waals surface area contributed by atoms with Crippen LogP contribution in [0.1, 0.15) is 32.8 Å². The molecule has 1 rings (SSSR count). The molecule has 0 radical (unpaired) electrons. The van der Waals surface area contributed by atoms with Crippen molar-refractivity contribution in [2.24, 2.45) is 11.3 Å². The summed E-state index contributed by atoms with van der Waals surface area (Å²) in [5, 5.41) is 0. The zero-order valence-corrected chi connectivity index (χ0v) is 18.6. The number of carbonyl (C=O) groups excluding carboxylic acids is 2. The minimum Gasteiger partial charge on any atom is -0.465 e. The highest BCUT2D eigenvalue weighted by atomic mass is 28.3. The Morgan fingerprint density at radius 2 is 1.56 bits per heavy atom. The van der Waals surface area contributed by atoms with Crippen molar-refractivity contribution in [1.29, 1.82) is 0 Å². The van der Waals surface area contributed by atoms with E-state index in [2.05, 4.69) is 43.5 Å². The molecule has 0 heterocycles. The Hall–Kier alpha value is -1.88. The van der Waals surface area contributed by atoms with Crippen LogP contribution in [0.2, 0.25) is 19.6 Å². The van der Waals surface area contributed by atoms with Crippen molar-refractivity contribution < 1.29 is 19.1 Å². The van der Waals surface area contributed by atoms with Gasteiger partial charge in [-0.15, -0.1) is 0 Å². The van der Waals surface area contributed by atoms with Crippen molar-refractivity contribution in [3.05, 3.63) is 47.7 Å². The number of hydrogen-bond donors (Lipinski definition) is 0. The Labute approximate surface area is 165 Å². The van der Waals surface area contributed by atoms with E-state index in [1.54, 1.807) is 13.8 Å². The third kappa shape index (κ3) is 7.71. The van der Waals surface area contributed by atoms with Gasteiger partial charge in [-0.05, 0) is 32.3 Å². The lowest BCUT2D eigenvalue weighted by Crippen LogP contribution is -2.41. The molecular formula is C22H34O4Si. The summed E-state index contributed by atoms with van der Waals surface area (Å²) < 4.78 is 10.5. The SMILES string of the molecule is CCOC(=O)C(C(=O)OCC)C(C)(/C=C/[Si](C)(C)C)CCc1ccccc1. The molecule has 4 nitrogen and oxygen atoms in total. The molecule has 1 atom stereocenters. The van der Waals surface area contributed by atoms with Gasteiger partial charge in [0, 0.05) is 5.41 Å². The van der Waals surface area contributed by atoms with Crippen molar-refractivity contribution in [2.75, 3.05) is 13.2 Å². The van der Waals surface area contributed by atoms with Gasteiger partial charge in [0.1, 0.15) is 0 Å². The fraction of sp³-hybridized carbons (Fsp3) is 0.545. The van der Waals surface area contributed by atoms with E-state index in [0.29, 0.717) is 6.42 Å². The third-order valence-corrected chi connectivity index (χ3v) is 5.63. The van der Waals surface area contributed by atoms with Gasteiger partial charge in [-0.1, -0.05) is 68.7 Å². The molecule has 1 aromatic rings. The molecule has 0 N–H and O–H groups in total. The van der Waals surface area contributed by atoms with E-state index in [1.165, 1.54) is 5.56 Å². The summed E-state index contributed by atoms with van der Waals surface area (Å²) in [5.74, 6) is -1.98. The normalized spacial score (nSPS) is 14.2. The maximum absolute atomic E-state index is 12.7. The van der Waals surface area contributed by atoms with Crippen molar-refractivity contribution in [3.63, 3.8) is 0 Å². The first-order chi connectivity index (χ1) is 12.6. The lowest BCUT2D eigenvalue weighted by molar-refractivity contribution is -0.166. The molecule has 0 aliphatic heterocycles. The van der Waals surface area contributed by atoms with Crippen LogP contribution in [-0.4, -0.2) is 33.2 Å². The quantitative estimate of drug-likeness (QED) is 0.327. The summed E-state index contributed by atoms with van der Waals surface area (Å²) in [5.41, 5.74) is 2.70. The molecular weight excluding hydrogens is 356 g/mol. The number of benzene rings is 1. The number of ether oxygens (including phenoxy) is 2. The zero-order valence-electron chi connectivity index (χ0n) is 17.6. The highest BCUT2D eigenvalue weighted by Crippen LogP contribution is 2.37. The van der Waals surface area contributed by atoms with Crippen LogP contribution in [0, 0.1) is 11.3 Å². The maximum Gasteiger partial charge on any atom is 0.321 e. The van der Waals surface area contributed by atoms with E-state index < -0.39 is 31.3 Å². The van der Waals surface area contributed by atoms with Gasteiger partial charge in [0.05, 0.1) is 21.3 Å². The van der Waals surface area contributed by atoms with Crippen LogP contribution >= 0.6 is 0 Å². The van der Waals surface area contributed by atoms with Gasteiger partial charge >= 0.3 is 11.9 Å². The minimum absolute atomic E-state index is 0.237. The monoisotopic (exact) mass is 390 g/mol. The molecule has 0 saturated carbocycles. The van der Waals surface area contributed by atoms with Crippen molar-refractivity contribution in [3.8, 4) is 0 Å². The van der Waals surface area contributed by atoms with E-state index in [4.69, 9.17) is 9.47 Å². The van der Waals surface area contributed by atoms with Gasteiger partial charge in [0.15, 0.2) is 5.92 Å². The van der Waals surface area contributed by atoms with E-state index in [0.717, 1.165) is 6.42 Å². The molecule has 0 bridgehead atoms. The van der Waals surface area contributed by atoms with E-state index >= 15 is 0 Å². The number of allylic oxidation sites excluding steroid dienone is 1. The molecule has 0 saturated heterocycles.